The van der Waals surface area contributed by atoms with Gasteiger partial charge in [-0.25, -0.2) is 0 Å². The summed E-state index contributed by atoms with van der Waals surface area (Å²) < 4.78 is 2.16. The molecule has 7 nitrogen and oxygen atoms in total. The van der Waals surface area contributed by atoms with Gasteiger partial charge in [0.25, 0.3) is 0 Å². The van der Waals surface area contributed by atoms with Gasteiger partial charge in [0.2, 0.25) is 5.91 Å². The van der Waals surface area contributed by atoms with Gasteiger partial charge in [-0.3, -0.25) is 9.69 Å². The van der Waals surface area contributed by atoms with Crippen LogP contribution in [0.15, 0.2) is 59.8 Å². The summed E-state index contributed by atoms with van der Waals surface area (Å²) in [7, 11) is 3.99. The number of carbonyl (C=O) groups is 1. The lowest BCUT2D eigenvalue weighted by Gasteiger charge is -2.17. The highest BCUT2D eigenvalue weighted by molar-refractivity contribution is 8.00. The lowest BCUT2D eigenvalue weighted by atomic mass is 10.2. The van der Waals surface area contributed by atoms with Crippen LogP contribution in [0.1, 0.15) is 31.2 Å². The lowest BCUT2D eigenvalue weighted by Crippen LogP contribution is -2.24. The van der Waals surface area contributed by atoms with Gasteiger partial charge < -0.3 is 14.8 Å². The topological polar surface area (TPSA) is 66.3 Å². The number of aromatic nitrogens is 3. The number of hydrogen-bond donors (Lipinski definition) is 1. The minimum absolute atomic E-state index is 0.0482. The standard InChI is InChI=1S/C25H32N6OS/c1-19(24(32)26-21-11-13-22(14-12-21)29(2)3)33-25-28-27-23(18-30-15-7-8-16-30)31(25)17-20-9-5-4-6-10-20/h4-6,9-14,19H,7-8,15-18H2,1-3H3,(H,26,32). The first-order chi connectivity index (χ1) is 16.0. The zero-order valence-electron chi connectivity index (χ0n) is 19.6. The van der Waals surface area contributed by atoms with Crippen LogP contribution in [0.5, 0.6) is 0 Å². The molecule has 1 unspecified atom stereocenters. The first-order valence-electron chi connectivity index (χ1n) is 11.4. The Kier molecular flexibility index (Phi) is 7.67. The Bertz CT molecular complexity index is 1040. The number of likely N-dealkylation sites (tertiary alicyclic amines) is 1. The molecule has 1 aliphatic rings. The van der Waals surface area contributed by atoms with E-state index in [4.69, 9.17) is 0 Å². The normalized spacial score (nSPS) is 14.9. The van der Waals surface area contributed by atoms with Crippen LogP contribution < -0.4 is 10.2 Å². The van der Waals surface area contributed by atoms with Crippen LogP contribution >= 0.6 is 11.8 Å². The molecule has 1 fully saturated rings. The smallest absolute Gasteiger partial charge is 0.237 e. The van der Waals surface area contributed by atoms with Gasteiger partial charge in [0, 0.05) is 25.5 Å². The van der Waals surface area contributed by atoms with Gasteiger partial charge in [-0.1, -0.05) is 42.1 Å². The molecule has 1 saturated heterocycles. The molecule has 174 valence electrons. The molecular formula is C25H32N6OS. The van der Waals surface area contributed by atoms with Crippen molar-refractivity contribution >= 4 is 29.0 Å². The van der Waals surface area contributed by atoms with Crippen LogP contribution in [0.25, 0.3) is 0 Å². The van der Waals surface area contributed by atoms with E-state index in [0.717, 1.165) is 42.0 Å². The molecule has 0 saturated carbocycles. The highest BCUT2D eigenvalue weighted by Crippen LogP contribution is 2.26. The molecule has 1 aromatic heterocycles. The number of thioether (sulfide) groups is 1. The van der Waals surface area contributed by atoms with E-state index in [9.17, 15) is 4.79 Å². The van der Waals surface area contributed by atoms with Gasteiger partial charge in [0.05, 0.1) is 18.3 Å². The van der Waals surface area contributed by atoms with E-state index in [-0.39, 0.29) is 11.2 Å². The summed E-state index contributed by atoms with van der Waals surface area (Å²) in [6.07, 6.45) is 2.47. The van der Waals surface area contributed by atoms with Crippen molar-refractivity contribution in [3.05, 3.63) is 66.0 Å². The fourth-order valence-corrected chi connectivity index (χ4v) is 4.75. The fourth-order valence-electron chi connectivity index (χ4n) is 3.89. The minimum Gasteiger partial charge on any atom is -0.378 e. The van der Waals surface area contributed by atoms with E-state index in [2.05, 4.69) is 37.1 Å². The molecule has 2 heterocycles. The lowest BCUT2D eigenvalue weighted by molar-refractivity contribution is -0.115. The van der Waals surface area contributed by atoms with Crippen molar-refractivity contribution in [1.29, 1.82) is 0 Å². The third-order valence-electron chi connectivity index (χ3n) is 5.84. The van der Waals surface area contributed by atoms with Gasteiger partial charge in [-0.05, 0) is 62.7 Å². The maximum absolute atomic E-state index is 12.9. The number of nitrogens with one attached hydrogen (secondary N) is 1. The summed E-state index contributed by atoms with van der Waals surface area (Å²) in [5.74, 6) is 0.906. The second-order valence-corrected chi connectivity index (χ2v) is 9.95. The number of benzene rings is 2. The molecule has 0 bridgehead atoms. The third kappa shape index (κ3) is 6.15. The molecule has 33 heavy (non-hydrogen) atoms. The molecule has 8 heteroatoms. The van der Waals surface area contributed by atoms with Crippen molar-refractivity contribution in [2.24, 2.45) is 0 Å². The van der Waals surface area contributed by atoms with Crippen molar-refractivity contribution in [3.8, 4) is 0 Å². The van der Waals surface area contributed by atoms with Gasteiger partial charge in [0.1, 0.15) is 5.82 Å². The Morgan fingerprint density at radius 2 is 1.73 bits per heavy atom. The fraction of sp³-hybridized carbons (Fsp3) is 0.400. The number of hydrogen-bond acceptors (Lipinski definition) is 6. The van der Waals surface area contributed by atoms with Crippen molar-refractivity contribution in [2.75, 3.05) is 37.4 Å². The first kappa shape index (κ1) is 23.3. The summed E-state index contributed by atoms with van der Waals surface area (Å²) in [4.78, 5) is 17.3. The van der Waals surface area contributed by atoms with Crippen LogP contribution in [0, 0.1) is 0 Å². The summed E-state index contributed by atoms with van der Waals surface area (Å²) in [5, 5.41) is 12.5. The number of amides is 1. The molecule has 0 spiro atoms. The van der Waals surface area contributed by atoms with Crippen molar-refractivity contribution in [1.82, 2.24) is 19.7 Å². The Morgan fingerprint density at radius 1 is 1.03 bits per heavy atom. The number of anilines is 2. The van der Waals surface area contributed by atoms with E-state index in [1.807, 2.05) is 68.4 Å². The molecular weight excluding hydrogens is 432 g/mol. The van der Waals surface area contributed by atoms with E-state index in [1.165, 1.54) is 30.2 Å². The SMILES string of the molecule is CC(Sc1nnc(CN2CCCC2)n1Cc1ccccc1)C(=O)Nc1ccc(N(C)C)cc1. The van der Waals surface area contributed by atoms with Crippen molar-refractivity contribution in [3.63, 3.8) is 0 Å². The predicted octanol–water partition coefficient (Wildman–Crippen LogP) is 4.11. The van der Waals surface area contributed by atoms with E-state index in [1.54, 1.807) is 0 Å². The molecule has 4 rings (SSSR count). The maximum atomic E-state index is 12.9. The summed E-state index contributed by atoms with van der Waals surface area (Å²) >= 11 is 1.45. The molecule has 1 amide bonds. The number of nitrogens with zero attached hydrogens (tertiary/aromatic N) is 5. The van der Waals surface area contributed by atoms with E-state index in [0.29, 0.717) is 6.54 Å². The van der Waals surface area contributed by atoms with E-state index >= 15 is 0 Å². The van der Waals surface area contributed by atoms with Crippen LogP contribution in [0.4, 0.5) is 11.4 Å². The summed E-state index contributed by atoms with van der Waals surface area (Å²) in [5.41, 5.74) is 3.08. The highest BCUT2D eigenvalue weighted by atomic mass is 32.2. The molecule has 0 aliphatic carbocycles. The Morgan fingerprint density at radius 3 is 2.39 bits per heavy atom. The molecule has 1 N–H and O–H groups in total. The van der Waals surface area contributed by atoms with E-state index < -0.39 is 0 Å². The van der Waals surface area contributed by atoms with Gasteiger partial charge in [-0.15, -0.1) is 10.2 Å². The van der Waals surface area contributed by atoms with Gasteiger partial charge in [0.15, 0.2) is 5.16 Å². The molecule has 3 aromatic rings. The summed E-state index contributed by atoms with van der Waals surface area (Å²) in [6, 6.07) is 18.2. The Hall–Kier alpha value is -2.84. The maximum Gasteiger partial charge on any atom is 0.237 e. The quantitative estimate of drug-likeness (QED) is 0.481. The Balaban J connectivity index is 1.47. The average molecular weight is 465 g/mol. The second-order valence-electron chi connectivity index (χ2n) is 8.64. The molecule has 1 aliphatic heterocycles. The first-order valence-corrected chi connectivity index (χ1v) is 12.3. The third-order valence-corrected chi connectivity index (χ3v) is 6.92. The predicted molar refractivity (Wildman–Crippen MR) is 135 cm³/mol. The van der Waals surface area contributed by atoms with Gasteiger partial charge in [-0.2, -0.15) is 0 Å². The van der Waals surface area contributed by atoms with Crippen LogP contribution in [-0.2, 0) is 17.9 Å². The molecule has 1 atom stereocenters. The monoisotopic (exact) mass is 464 g/mol. The zero-order chi connectivity index (χ0) is 23.2. The minimum atomic E-state index is -0.308. The Labute approximate surface area is 200 Å². The molecule has 2 aromatic carbocycles. The van der Waals surface area contributed by atoms with Gasteiger partial charge >= 0.3 is 0 Å². The van der Waals surface area contributed by atoms with Crippen LogP contribution in [-0.4, -0.2) is 58.0 Å². The van der Waals surface area contributed by atoms with Crippen LogP contribution in [0.2, 0.25) is 0 Å². The van der Waals surface area contributed by atoms with Crippen molar-refractivity contribution in [2.45, 2.75) is 43.3 Å². The average Bonchev–Trinajstić information content (AvgIpc) is 3.46. The molecule has 0 radical (unpaired) electrons. The van der Waals surface area contributed by atoms with Crippen LogP contribution in [0.3, 0.4) is 0 Å². The number of carbonyl (C=O) groups excluding carboxylic acids is 1. The van der Waals surface area contributed by atoms with Crippen molar-refractivity contribution < 1.29 is 4.79 Å². The second kappa shape index (κ2) is 10.9. The largest absolute Gasteiger partial charge is 0.378 e. The highest BCUT2D eigenvalue weighted by Gasteiger charge is 2.22. The number of rotatable bonds is 9. The summed E-state index contributed by atoms with van der Waals surface area (Å²) in [6.45, 7) is 5.60. The zero-order valence-corrected chi connectivity index (χ0v) is 20.4.